The quantitative estimate of drug-likeness (QED) is 0.823. The minimum atomic E-state index is -0.755. The Morgan fingerprint density at radius 1 is 1.42 bits per heavy atom. The molecule has 0 saturated carbocycles. The first-order chi connectivity index (χ1) is 8.95. The average molecular weight is 265 g/mol. The van der Waals surface area contributed by atoms with Crippen LogP contribution in [0.15, 0.2) is 18.2 Å². The smallest absolute Gasteiger partial charge is 0.303 e. The highest BCUT2D eigenvalue weighted by molar-refractivity contribution is 5.66. The summed E-state index contributed by atoms with van der Waals surface area (Å²) in [6.45, 7) is 4.62. The van der Waals surface area contributed by atoms with E-state index in [1.54, 1.807) is 0 Å². The van der Waals surface area contributed by atoms with Crippen molar-refractivity contribution in [2.45, 2.75) is 32.7 Å². The van der Waals surface area contributed by atoms with Crippen molar-refractivity contribution in [3.05, 3.63) is 29.3 Å². The van der Waals surface area contributed by atoms with E-state index in [0.717, 1.165) is 16.9 Å². The third-order valence-electron chi connectivity index (χ3n) is 3.14. The van der Waals surface area contributed by atoms with E-state index in [9.17, 15) is 4.79 Å². The highest BCUT2D eigenvalue weighted by atomic mass is 16.5. The minimum absolute atomic E-state index is 0.116. The zero-order chi connectivity index (χ0) is 14.4. The Balaban J connectivity index is 2.90. The van der Waals surface area contributed by atoms with Crippen molar-refractivity contribution < 1.29 is 14.6 Å². The molecule has 1 aromatic rings. The summed E-state index contributed by atoms with van der Waals surface area (Å²) in [7, 11) is 3.94. The molecule has 0 aliphatic heterocycles. The summed E-state index contributed by atoms with van der Waals surface area (Å²) in [5.74, 6) is 0.136. The Labute approximate surface area is 115 Å². The number of nitrogens with zero attached hydrogens (tertiary/aromatic N) is 1. The van der Waals surface area contributed by atoms with Gasteiger partial charge in [-0.05, 0) is 51.6 Å². The first-order valence-corrected chi connectivity index (χ1v) is 6.57. The molecule has 1 unspecified atom stereocenters. The van der Waals surface area contributed by atoms with Crippen molar-refractivity contribution in [1.82, 2.24) is 4.90 Å². The molecule has 1 aromatic carbocycles. The number of carboxylic acid groups (broad SMARTS) is 1. The van der Waals surface area contributed by atoms with Crippen molar-refractivity contribution in [1.29, 1.82) is 0 Å². The normalized spacial score (nSPS) is 12.5. The lowest BCUT2D eigenvalue weighted by molar-refractivity contribution is -0.137. The van der Waals surface area contributed by atoms with Crippen molar-refractivity contribution in [3.8, 4) is 5.75 Å². The molecule has 0 radical (unpaired) electrons. The van der Waals surface area contributed by atoms with Crippen LogP contribution in [0, 0.1) is 6.92 Å². The number of carbonyl (C=O) groups is 1. The maximum atomic E-state index is 10.7. The van der Waals surface area contributed by atoms with Gasteiger partial charge in [0.15, 0.2) is 0 Å². The van der Waals surface area contributed by atoms with E-state index in [1.807, 2.05) is 40.1 Å². The number of ether oxygens (including phenoxy) is 1. The Morgan fingerprint density at radius 3 is 2.58 bits per heavy atom. The number of benzene rings is 1. The molecular weight excluding hydrogens is 242 g/mol. The molecule has 106 valence electrons. The second-order valence-electron chi connectivity index (χ2n) is 4.87. The van der Waals surface area contributed by atoms with E-state index in [-0.39, 0.29) is 12.5 Å². The lowest BCUT2D eigenvalue weighted by atomic mass is 9.99. The van der Waals surface area contributed by atoms with E-state index >= 15 is 0 Å². The van der Waals surface area contributed by atoms with Crippen LogP contribution in [0.5, 0.6) is 5.75 Å². The van der Waals surface area contributed by atoms with E-state index in [2.05, 4.69) is 11.0 Å². The fourth-order valence-corrected chi connectivity index (χ4v) is 2.18. The lowest BCUT2D eigenvalue weighted by Crippen LogP contribution is -2.21. The number of rotatable bonds is 7. The van der Waals surface area contributed by atoms with Crippen LogP contribution in [-0.4, -0.2) is 36.7 Å². The third kappa shape index (κ3) is 4.56. The zero-order valence-corrected chi connectivity index (χ0v) is 12.1. The highest BCUT2D eigenvalue weighted by Gasteiger charge is 2.16. The third-order valence-corrected chi connectivity index (χ3v) is 3.14. The van der Waals surface area contributed by atoms with Crippen molar-refractivity contribution in [2.75, 3.05) is 20.7 Å². The van der Waals surface area contributed by atoms with Crippen LogP contribution in [0.3, 0.4) is 0 Å². The Morgan fingerprint density at radius 2 is 2.11 bits per heavy atom. The SMILES string of the molecule is CCOc1ccc(C(CCC(=O)O)N(C)C)cc1C. The van der Waals surface area contributed by atoms with Crippen LogP contribution in [0.1, 0.15) is 36.9 Å². The Kier molecular flexibility index (Phi) is 5.83. The first-order valence-electron chi connectivity index (χ1n) is 6.57. The molecule has 0 heterocycles. The molecule has 0 aliphatic carbocycles. The molecule has 0 aliphatic rings. The van der Waals surface area contributed by atoms with Crippen molar-refractivity contribution in [3.63, 3.8) is 0 Å². The van der Waals surface area contributed by atoms with Crippen molar-refractivity contribution >= 4 is 5.97 Å². The summed E-state index contributed by atoms with van der Waals surface area (Å²) >= 11 is 0. The summed E-state index contributed by atoms with van der Waals surface area (Å²) < 4.78 is 5.52. The van der Waals surface area contributed by atoms with E-state index < -0.39 is 5.97 Å². The summed E-state index contributed by atoms with van der Waals surface area (Å²) in [4.78, 5) is 12.8. The molecule has 1 atom stereocenters. The second-order valence-corrected chi connectivity index (χ2v) is 4.87. The van der Waals surface area contributed by atoms with Gasteiger partial charge in [0.25, 0.3) is 0 Å². The molecule has 4 nitrogen and oxygen atoms in total. The van der Waals surface area contributed by atoms with Crippen LogP contribution < -0.4 is 4.74 Å². The number of aliphatic carboxylic acids is 1. The van der Waals surface area contributed by atoms with Gasteiger partial charge in [0.05, 0.1) is 6.61 Å². The van der Waals surface area contributed by atoms with Gasteiger partial charge >= 0.3 is 5.97 Å². The Hall–Kier alpha value is -1.55. The van der Waals surface area contributed by atoms with Crippen LogP contribution in [0.4, 0.5) is 0 Å². The van der Waals surface area contributed by atoms with Gasteiger partial charge in [-0.1, -0.05) is 12.1 Å². The summed E-state index contributed by atoms with van der Waals surface area (Å²) in [5.41, 5.74) is 2.22. The molecular formula is C15H23NO3. The van der Waals surface area contributed by atoms with Gasteiger partial charge in [-0.25, -0.2) is 0 Å². The van der Waals surface area contributed by atoms with E-state index in [0.29, 0.717) is 13.0 Å². The molecule has 0 amide bonds. The van der Waals surface area contributed by atoms with Gasteiger partial charge in [-0.2, -0.15) is 0 Å². The van der Waals surface area contributed by atoms with Crippen molar-refractivity contribution in [2.24, 2.45) is 0 Å². The highest BCUT2D eigenvalue weighted by Crippen LogP contribution is 2.28. The largest absolute Gasteiger partial charge is 0.494 e. The van der Waals surface area contributed by atoms with Gasteiger partial charge < -0.3 is 14.7 Å². The number of carboxylic acids is 1. The number of hydrogen-bond acceptors (Lipinski definition) is 3. The van der Waals surface area contributed by atoms with E-state index in [4.69, 9.17) is 9.84 Å². The predicted molar refractivity (Wildman–Crippen MR) is 75.6 cm³/mol. The molecule has 1 N–H and O–H groups in total. The number of hydrogen-bond donors (Lipinski definition) is 1. The van der Waals surface area contributed by atoms with Gasteiger partial charge in [0.1, 0.15) is 5.75 Å². The summed E-state index contributed by atoms with van der Waals surface area (Å²) in [5, 5.41) is 8.82. The fourth-order valence-electron chi connectivity index (χ4n) is 2.18. The standard InChI is InChI=1S/C15H23NO3/c1-5-19-14-8-6-12(10-11(14)2)13(16(3)4)7-9-15(17)18/h6,8,10,13H,5,7,9H2,1-4H3,(H,17,18). The van der Waals surface area contributed by atoms with Gasteiger partial charge in [0.2, 0.25) is 0 Å². The van der Waals surface area contributed by atoms with Crippen LogP contribution >= 0.6 is 0 Å². The fraction of sp³-hybridized carbons (Fsp3) is 0.533. The maximum absolute atomic E-state index is 10.7. The first kappa shape index (κ1) is 15.5. The van der Waals surface area contributed by atoms with Gasteiger partial charge in [0, 0.05) is 12.5 Å². The lowest BCUT2D eigenvalue weighted by Gasteiger charge is -2.25. The number of aryl methyl sites for hydroxylation is 1. The van der Waals surface area contributed by atoms with Crippen LogP contribution in [-0.2, 0) is 4.79 Å². The molecule has 4 heteroatoms. The van der Waals surface area contributed by atoms with Crippen LogP contribution in [0.25, 0.3) is 0 Å². The van der Waals surface area contributed by atoms with E-state index in [1.165, 1.54) is 0 Å². The van der Waals surface area contributed by atoms with Gasteiger partial charge in [-0.15, -0.1) is 0 Å². The molecule has 0 spiro atoms. The molecule has 0 aromatic heterocycles. The molecule has 0 saturated heterocycles. The predicted octanol–water partition coefficient (Wildman–Crippen LogP) is 2.86. The maximum Gasteiger partial charge on any atom is 0.303 e. The second kappa shape index (κ2) is 7.14. The summed E-state index contributed by atoms with van der Waals surface area (Å²) in [6, 6.07) is 6.18. The molecule has 19 heavy (non-hydrogen) atoms. The van der Waals surface area contributed by atoms with Crippen LogP contribution in [0.2, 0.25) is 0 Å². The molecule has 0 bridgehead atoms. The average Bonchev–Trinajstić information content (AvgIpc) is 2.32. The monoisotopic (exact) mass is 265 g/mol. The zero-order valence-electron chi connectivity index (χ0n) is 12.1. The van der Waals surface area contributed by atoms with Gasteiger partial charge in [-0.3, -0.25) is 4.79 Å². The summed E-state index contributed by atoms with van der Waals surface area (Å²) in [6.07, 6.45) is 0.783. The minimum Gasteiger partial charge on any atom is -0.494 e. The Bertz CT molecular complexity index is 429. The topological polar surface area (TPSA) is 49.8 Å². The molecule has 1 rings (SSSR count). The molecule has 0 fully saturated rings.